The second-order valence-corrected chi connectivity index (χ2v) is 11.7. The van der Waals surface area contributed by atoms with Gasteiger partial charge in [-0.25, -0.2) is 8.42 Å². The smallest absolute Gasteiger partial charge is 0.159 e. The fourth-order valence-corrected chi connectivity index (χ4v) is 5.18. The van der Waals surface area contributed by atoms with Crippen LogP contribution in [0.2, 0.25) is 0 Å². The zero-order valence-electron chi connectivity index (χ0n) is 17.4. The highest BCUT2D eigenvalue weighted by Crippen LogP contribution is 2.46. The quantitative estimate of drug-likeness (QED) is 0.511. The Kier molecular flexibility index (Phi) is 5.12. The van der Waals surface area contributed by atoms with Gasteiger partial charge in [-0.05, 0) is 67.0 Å². The molecule has 0 N–H and O–H groups in total. The molecule has 0 bridgehead atoms. The third-order valence-electron chi connectivity index (χ3n) is 6.00. The Morgan fingerprint density at radius 2 is 1.21 bits per heavy atom. The van der Waals surface area contributed by atoms with Gasteiger partial charge in [0.1, 0.15) is 0 Å². The average Bonchev–Trinajstić information content (AvgIpc) is 3.00. The summed E-state index contributed by atoms with van der Waals surface area (Å²) < 4.78 is 24.2. The fraction of sp³-hybridized carbons (Fsp3) is 0.308. The van der Waals surface area contributed by atoms with Crippen LogP contribution in [0.15, 0.2) is 72.8 Å². The topological polar surface area (TPSA) is 34.1 Å². The molecule has 0 unspecified atom stereocenters. The van der Waals surface area contributed by atoms with Crippen molar-refractivity contribution in [1.82, 2.24) is 0 Å². The van der Waals surface area contributed by atoms with E-state index < -0.39 is 14.6 Å². The minimum atomic E-state index is -3.16. The number of hydrogen-bond donors (Lipinski definition) is 0. The molecule has 0 amide bonds. The van der Waals surface area contributed by atoms with E-state index >= 15 is 0 Å². The lowest BCUT2D eigenvalue weighted by Gasteiger charge is -2.19. The lowest BCUT2D eigenvalue weighted by atomic mass is 9.90. The molecule has 2 nitrogen and oxygen atoms in total. The van der Waals surface area contributed by atoms with E-state index in [2.05, 4.69) is 60.7 Å². The van der Waals surface area contributed by atoms with E-state index in [1.165, 1.54) is 27.8 Å². The molecule has 0 spiro atoms. The van der Waals surface area contributed by atoms with Gasteiger partial charge >= 0.3 is 0 Å². The van der Waals surface area contributed by atoms with Gasteiger partial charge in [0.2, 0.25) is 0 Å². The first-order valence-corrected chi connectivity index (χ1v) is 11.9. The Hall–Kier alpha value is -2.39. The van der Waals surface area contributed by atoms with E-state index in [0.717, 1.165) is 18.4 Å². The molecule has 0 aromatic heterocycles. The largest absolute Gasteiger partial charge is 0.228 e. The molecule has 150 valence electrons. The number of hydrogen-bond acceptors (Lipinski definition) is 2. The lowest BCUT2D eigenvalue weighted by Crippen LogP contribution is -2.29. The van der Waals surface area contributed by atoms with E-state index in [1.54, 1.807) is 20.8 Å². The van der Waals surface area contributed by atoms with Gasteiger partial charge in [-0.2, -0.15) is 0 Å². The highest BCUT2D eigenvalue weighted by atomic mass is 32.2. The minimum absolute atomic E-state index is 0.0974. The summed E-state index contributed by atoms with van der Waals surface area (Å²) in [4.78, 5) is 0. The molecular formula is C26H28O2S. The zero-order chi connectivity index (χ0) is 20.6. The van der Waals surface area contributed by atoms with Crippen LogP contribution in [0.5, 0.6) is 0 Å². The van der Waals surface area contributed by atoms with Crippen LogP contribution in [0.1, 0.15) is 55.4 Å². The number of rotatable bonds is 5. The van der Waals surface area contributed by atoms with Gasteiger partial charge in [0.15, 0.2) is 9.84 Å². The molecule has 0 radical (unpaired) electrons. The predicted octanol–water partition coefficient (Wildman–Crippen LogP) is 6.15. The van der Waals surface area contributed by atoms with Crippen molar-refractivity contribution < 1.29 is 8.42 Å². The Labute approximate surface area is 174 Å². The third kappa shape index (κ3) is 3.89. The van der Waals surface area contributed by atoms with Crippen molar-refractivity contribution in [2.75, 3.05) is 0 Å². The Morgan fingerprint density at radius 1 is 0.724 bits per heavy atom. The highest BCUT2D eigenvalue weighted by Gasteiger charge is 2.29. The maximum absolute atomic E-state index is 12.4. The molecule has 29 heavy (non-hydrogen) atoms. The summed E-state index contributed by atoms with van der Waals surface area (Å²) in [7, 11) is -3.16. The normalized spacial score (nSPS) is 13.9. The van der Waals surface area contributed by atoms with Crippen molar-refractivity contribution in [1.29, 1.82) is 0 Å². The summed E-state index contributed by atoms with van der Waals surface area (Å²) in [6.07, 6.45) is 2.02. The molecule has 4 rings (SSSR count). The summed E-state index contributed by atoms with van der Waals surface area (Å²) in [5, 5.41) is 0. The molecule has 0 fully saturated rings. The number of sulfone groups is 1. The van der Waals surface area contributed by atoms with Gasteiger partial charge in [-0.3, -0.25) is 0 Å². The summed E-state index contributed by atoms with van der Waals surface area (Å²) >= 11 is 0. The van der Waals surface area contributed by atoms with Crippen LogP contribution in [0, 0.1) is 0 Å². The second kappa shape index (κ2) is 7.46. The van der Waals surface area contributed by atoms with Crippen molar-refractivity contribution in [3.8, 4) is 11.1 Å². The van der Waals surface area contributed by atoms with Crippen LogP contribution < -0.4 is 0 Å². The fourth-order valence-electron chi connectivity index (χ4n) is 4.12. The Morgan fingerprint density at radius 3 is 1.72 bits per heavy atom. The zero-order valence-corrected chi connectivity index (χ0v) is 18.2. The van der Waals surface area contributed by atoms with Gasteiger partial charge in [0.05, 0.1) is 10.5 Å². The number of fused-ring (bicyclic) bond motifs is 3. The van der Waals surface area contributed by atoms with Crippen LogP contribution >= 0.6 is 0 Å². The van der Waals surface area contributed by atoms with Crippen molar-refractivity contribution in [2.24, 2.45) is 0 Å². The molecule has 0 heterocycles. The molecular weight excluding hydrogens is 376 g/mol. The van der Waals surface area contributed by atoms with Crippen LogP contribution in [0.25, 0.3) is 11.1 Å². The van der Waals surface area contributed by atoms with E-state index in [1.807, 2.05) is 12.1 Å². The monoisotopic (exact) mass is 404 g/mol. The summed E-state index contributed by atoms with van der Waals surface area (Å²) in [5.41, 5.74) is 7.67. The highest BCUT2D eigenvalue weighted by molar-refractivity contribution is 7.91. The minimum Gasteiger partial charge on any atom is -0.228 e. The first-order valence-electron chi connectivity index (χ1n) is 10.2. The standard InChI is InChI=1S/C26H28O2S/c1-26(2,3)29(27,28)18-20-14-12-19(13-15-20)16-17-25-23-10-6-4-8-21(23)22-9-5-7-11-24(22)25/h4-15,25H,16-18H2,1-3H3. The first kappa shape index (κ1) is 19.9. The molecule has 3 heteroatoms. The van der Waals surface area contributed by atoms with Gasteiger partial charge in [0.25, 0.3) is 0 Å². The summed E-state index contributed by atoms with van der Waals surface area (Å²) in [5.74, 6) is 0.517. The summed E-state index contributed by atoms with van der Waals surface area (Å²) in [6, 6.07) is 25.5. The molecule has 0 aliphatic heterocycles. The number of aryl methyl sites for hydroxylation is 1. The summed E-state index contributed by atoms with van der Waals surface area (Å²) in [6.45, 7) is 5.27. The van der Waals surface area contributed by atoms with E-state index in [4.69, 9.17) is 0 Å². The number of benzene rings is 3. The van der Waals surface area contributed by atoms with Crippen molar-refractivity contribution in [3.05, 3.63) is 95.1 Å². The van der Waals surface area contributed by atoms with Crippen molar-refractivity contribution >= 4 is 9.84 Å². The van der Waals surface area contributed by atoms with Crippen molar-refractivity contribution in [3.63, 3.8) is 0 Å². The maximum atomic E-state index is 12.4. The molecule has 1 aliphatic carbocycles. The van der Waals surface area contributed by atoms with Gasteiger partial charge < -0.3 is 0 Å². The molecule has 0 saturated heterocycles. The average molecular weight is 405 g/mol. The van der Waals surface area contributed by atoms with Crippen molar-refractivity contribution in [2.45, 2.75) is 50.0 Å². The molecule has 3 aromatic rings. The van der Waals surface area contributed by atoms with Crippen LogP contribution in [-0.2, 0) is 22.0 Å². The van der Waals surface area contributed by atoms with E-state index in [-0.39, 0.29) is 5.75 Å². The first-order chi connectivity index (χ1) is 13.8. The predicted molar refractivity (Wildman–Crippen MR) is 121 cm³/mol. The second-order valence-electron chi connectivity index (χ2n) is 8.95. The molecule has 0 saturated carbocycles. The van der Waals surface area contributed by atoms with Gasteiger partial charge in [0, 0.05) is 5.92 Å². The van der Waals surface area contributed by atoms with Crippen LogP contribution in [-0.4, -0.2) is 13.2 Å². The third-order valence-corrected chi connectivity index (χ3v) is 8.58. The van der Waals surface area contributed by atoms with E-state index in [0.29, 0.717) is 5.92 Å². The lowest BCUT2D eigenvalue weighted by molar-refractivity contribution is 0.559. The van der Waals surface area contributed by atoms with E-state index in [9.17, 15) is 8.42 Å². The molecule has 0 atom stereocenters. The molecule has 1 aliphatic rings. The Balaban J connectivity index is 1.49. The van der Waals surface area contributed by atoms with Crippen LogP contribution in [0.3, 0.4) is 0 Å². The SMILES string of the molecule is CC(C)(C)S(=O)(=O)Cc1ccc(CCC2c3ccccc3-c3ccccc32)cc1. The molecule has 3 aromatic carbocycles. The van der Waals surface area contributed by atoms with Gasteiger partial charge in [-0.15, -0.1) is 0 Å². The maximum Gasteiger partial charge on any atom is 0.159 e. The van der Waals surface area contributed by atoms with Gasteiger partial charge in [-0.1, -0.05) is 72.8 Å². The van der Waals surface area contributed by atoms with Crippen LogP contribution in [0.4, 0.5) is 0 Å². The Bertz CT molecular complexity index is 1070.